The van der Waals surface area contributed by atoms with E-state index in [1.807, 2.05) is 0 Å². The standard InChI is InChI=1S/C3H6.CH4.CH3.3Y/c1-3-2;;;;;/h1-3H2;1H4;1H3;;;/q-2;;-1;;;. The number of rotatable bonds is 0. The average molecular weight is 340 g/mol. The summed E-state index contributed by atoms with van der Waals surface area (Å²) in [7, 11) is 0. The van der Waals surface area contributed by atoms with Crippen LogP contribution in [0.15, 0.2) is 0 Å². The van der Waals surface area contributed by atoms with Crippen molar-refractivity contribution in [3.63, 3.8) is 0 Å². The summed E-state index contributed by atoms with van der Waals surface area (Å²) >= 11 is 0. The summed E-state index contributed by atoms with van der Waals surface area (Å²) in [6.45, 7) is 6.75. The maximum atomic E-state index is 3.38. The zero-order valence-corrected chi connectivity index (χ0v) is 13.4. The summed E-state index contributed by atoms with van der Waals surface area (Å²) < 4.78 is 0. The molecule has 0 rings (SSSR count). The molecule has 0 amide bonds. The van der Waals surface area contributed by atoms with E-state index in [9.17, 15) is 0 Å². The zero-order chi connectivity index (χ0) is 2.71. The van der Waals surface area contributed by atoms with Crippen molar-refractivity contribution in [2.24, 2.45) is 0 Å². The smallest absolute Gasteiger partial charge is 0 e. The third-order valence-corrected chi connectivity index (χ3v) is 0. The summed E-state index contributed by atoms with van der Waals surface area (Å²) in [5.41, 5.74) is 0. The Bertz CT molecular complexity index is 7.64. The van der Waals surface area contributed by atoms with Crippen LogP contribution in [0, 0.1) is 21.3 Å². The van der Waals surface area contributed by atoms with E-state index in [-0.39, 0.29) is 113 Å². The fourth-order valence-electron chi connectivity index (χ4n) is 0. The van der Waals surface area contributed by atoms with Gasteiger partial charge in [-0.1, -0.05) is 7.43 Å². The Morgan fingerprint density at radius 1 is 0.875 bits per heavy atom. The molecule has 0 bridgehead atoms. The van der Waals surface area contributed by atoms with Crippen molar-refractivity contribution < 1.29 is 98.1 Å². The quantitative estimate of drug-likeness (QED) is 0.593. The van der Waals surface area contributed by atoms with Crippen molar-refractivity contribution in [2.45, 2.75) is 13.8 Å². The van der Waals surface area contributed by atoms with Gasteiger partial charge in [0.15, 0.2) is 0 Å². The van der Waals surface area contributed by atoms with Gasteiger partial charge in [-0.3, -0.25) is 0 Å². The first-order valence-electron chi connectivity index (χ1n) is 1.000. The van der Waals surface area contributed by atoms with Crippen molar-refractivity contribution in [3.05, 3.63) is 21.3 Å². The van der Waals surface area contributed by atoms with Crippen LogP contribution in [0.3, 0.4) is 0 Å². The molecule has 0 saturated carbocycles. The fourth-order valence-corrected chi connectivity index (χ4v) is 0. The Hall–Kier alpha value is 3.31. The first-order valence-corrected chi connectivity index (χ1v) is 1.000. The van der Waals surface area contributed by atoms with E-state index in [0.29, 0.717) is 0 Å². The average Bonchev–Trinajstić information content (AvgIpc) is 0.918. The van der Waals surface area contributed by atoms with E-state index < -0.39 is 0 Å². The van der Waals surface area contributed by atoms with Gasteiger partial charge in [0.25, 0.3) is 0 Å². The zero-order valence-electron chi connectivity index (χ0n) is 4.85. The van der Waals surface area contributed by atoms with Crippen LogP contribution in [0.5, 0.6) is 0 Å². The Labute approximate surface area is 130 Å². The van der Waals surface area contributed by atoms with Gasteiger partial charge in [0.2, 0.25) is 0 Å². The molecule has 3 radical (unpaired) electrons. The maximum absolute atomic E-state index is 3.38. The van der Waals surface area contributed by atoms with Crippen LogP contribution in [0.1, 0.15) is 13.8 Å². The van der Waals surface area contributed by atoms with Gasteiger partial charge in [-0.05, 0) is 0 Å². The molecule has 0 aromatic rings. The summed E-state index contributed by atoms with van der Waals surface area (Å²) in [6.07, 6.45) is 0.750. The van der Waals surface area contributed by atoms with Crippen LogP contribution >= 0.6 is 0 Å². The summed E-state index contributed by atoms with van der Waals surface area (Å²) in [4.78, 5) is 0. The van der Waals surface area contributed by atoms with Crippen molar-refractivity contribution in [3.8, 4) is 0 Å². The molecule has 45 valence electrons. The molecule has 0 spiro atoms. The second-order valence-electron chi connectivity index (χ2n) is 0.354. The second-order valence-corrected chi connectivity index (χ2v) is 0.354. The molecule has 0 saturated heterocycles. The van der Waals surface area contributed by atoms with Gasteiger partial charge in [0.1, 0.15) is 0 Å². The molecule has 0 aromatic carbocycles. The van der Waals surface area contributed by atoms with E-state index in [1.54, 1.807) is 0 Å². The molecule has 0 aliphatic carbocycles. The minimum atomic E-state index is 0. The molecule has 0 aliphatic heterocycles. The molecule has 0 nitrogen and oxygen atoms in total. The summed E-state index contributed by atoms with van der Waals surface area (Å²) in [5, 5.41) is 0. The van der Waals surface area contributed by atoms with E-state index in [4.69, 9.17) is 0 Å². The maximum Gasteiger partial charge on any atom is 0 e. The molecule has 0 aromatic heterocycles. The predicted molar refractivity (Wildman–Crippen MR) is 28.5 cm³/mol. The molecule has 0 fully saturated rings. The molecular weight excluding hydrogens is 327 g/mol. The largest absolute Gasteiger partial charge is 0.372 e. The van der Waals surface area contributed by atoms with Crippen molar-refractivity contribution in [2.75, 3.05) is 0 Å². The normalized spacial score (nSPS) is 2.25. The van der Waals surface area contributed by atoms with Gasteiger partial charge in [0.05, 0.1) is 0 Å². The summed E-state index contributed by atoms with van der Waals surface area (Å²) in [5.74, 6) is 0. The first-order chi connectivity index (χ1) is 1.41. The van der Waals surface area contributed by atoms with E-state index >= 15 is 0 Å². The van der Waals surface area contributed by atoms with Gasteiger partial charge in [-0.25, -0.2) is 0 Å². The first kappa shape index (κ1) is 42.6. The van der Waals surface area contributed by atoms with E-state index in [0.717, 1.165) is 6.42 Å². The monoisotopic (exact) mass is 340 g/mol. The minimum Gasteiger partial charge on any atom is -0.372 e. The van der Waals surface area contributed by atoms with Crippen molar-refractivity contribution >= 4 is 0 Å². The molecule has 0 heterocycles. The third-order valence-electron chi connectivity index (χ3n) is 0. The van der Waals surface area contributed by atoms with Crippen LogP contribution in [0.25, 0.3) is 0 Å². The van der Waals surface area contributed by atoms with E-state index in [2.05, 4.69) is 13.8 Å². The van der Waals surface area contributed by atoms with E-state index in [1.165, 1.54) is 0 Å². The summed E-state index contributed by atoms with van der Waals surface area (Å²) in [6, 6.07) is 0. The Morgan fingerprint density at radius 3 is 0.875 bits per heavy atom. The van der Waals surface area contributed by atoms with Crippen LogP contribution in [-0.4, -0.2) is 0 Å². The molecule has 0 unspecified atom stereocenters. The van der Waals surface area contributed by atoms with Crippen molar-refractivity contribution in [1.29, 1.82) is 0 Å². The fraction of sp³-hybridized carbons (Fsp3) is 0.400. The molecule has 0 N–H and O–H groups in total. The van der Waals surface area contributed by atoms with Crippen LogP contribution in [0.2, 0.25) is 0 Å². The Balaban J connectivity index is -0.00000000200. The SMILES string of the molecule is C.[CH2-]C[CH2-].[CH3-].[Y].[Y].[Y]. The van der Waals surface area contributed by atoms with Gasteiger partial charge in [-0.15, -0.1) is 0 Å². The second kappa shape index (κ2) is 48.1. The Morgan fingerprint density at radius 2 is 0.875 bits per heavy atom. The predicted octanol–water partition coefficient (Wildman–Crippen LogP) is 2.12. The number of hydrogen-bond donors (Lipinski definition) is 0. The molecule has 3 heteroatoms. The minimum absolute atomic E-state index is 0. The van der Waals surface area contributed by atoms with Crippen molar-refractivity contribution in [1.82, 2.24) is 0 Å². The van der Waals surface area contributed by atoms with Gasteiger partial charge < -0.3 is 27.7 Å². The van der Waals surface area contributed by atoms with Crippen LogP contribution in [-0.2, 0) is 98.1 Å². The third kappa shape index (κ3) is 58.7. The van der Waals surface area contributed by atoms with Gasteiger partial charge in [-0.2, -0.15) is 0 Å². The topological polar surface area (TPSA) is 0 Å². The van der Waals surface area contributed by atoms with Crippen LogP contribution < -0.4 is 0 Å². The molecule has 8 heavy (non-hydrogen) atoms. The van der Waals surface area contributed by atoms with Gasteiger partial charge >= 0.3 is 0 Å². The van der Waals surface area contributed by atoms with Crippen LogP contribution in [0.4, 0.5) is 0 Å². The van der Waals surface area contributed by atoms with Gasteiger partial charge in [0, 0.05) is 98.1 Å². The molecular formula is C5H13Y3-3. The Kier molecular flexibility index (Phi) is 256. The molecule has 0 aliphatic rings. The number of hydrogen-bond acceptors (Lipinski definition) is 0. The molecule has 0 atom stereocenters.